The minimum atomic E-state index is -0.265. The van der Waals surface area contributed by atoms with Gasteiger partial charge in [0.1, 0.15) is 12.3 Å². The highest BCUT2D eigenvalue weighted by Gasteiger charge is 2.28. The van der Waals surface area contributed by atoms with E-state index in [1.165, 1.54) is 4.68 Å². The van der Waals surface area contributed by atoms with Gasteiger partial charge in [0.05, 0.1) is 18.2 Å². The third kappa shape index (κ3) is 4.21. The lowest BCUT2D eigenvalue weighted by molar-refractivity contribution is -0.133. The van der Waals surface area contributed by atoms with Crippen molar-refractivity contribution < 1.29 is 14.3 Å². The van der Waals surface area contributed by atoms with Crippen molar-refractivity contribution in [3.05, 3.63) is 70.1 Å². The van der Waals surface area contributed by atoms with Crippen LogP contribution in [0, 0.1) is 12.8 Å². The summed E-state index contributed by atoms with van der Waals surface area (Å²) in [7, 11) is 1.59. The second-order valence-electron chi connectivity index (χ2n) is 7.84. The van der Waals surface area contributed by atoms with Crippen molar-refractivity contribution in [2.45, 2.75) is 26.3 Å². The lowest BCUT2D eigenvalue weighted by atomic mass is 9.89. The monoisotopic (exact) mass is 419 g/mol. The minimum absolute atomic E-state index is 0.0952. The number of ketones is 1. The SMILES string of the molecule is COc1ccc(C(=O)C2CCN(C(=O)Cn3nc(C)c4ccccc4c3=O)CC2)cc1. The van der Waals surface area contributed by atoms with Crippen LogP contribution in [0.2, 0.25) is 0 Å². The molecule has 0 saturated carbocycles. The van der Waals surface area contributed by atoms with Crippen LogP contribution in [0.15, 0.2) is 53.3 Å². The molecule has 0 spiro atoms. The number of rotatable bonds is 5. The maximum absolute atomic E-state index is 12.8. The smallest absolute Gasteiger partial charge is 0.275 e. The number of ether oxygens (including phenoxy) is 1. The Bertz CT molecular complexity index is 1180. The number of carbonyl (C=O) groups is 2. The van der Waals surface area contributed by atoms with Crippen LogP contribution in [-0.2, 0) is 11.3 Å². The molecule has 1 saturated heterocycles. The highest BCUT2D eigenvalue weighted by Crippen LogP contribution is 2.23. The van der Waals surface area contributed by atoms with Crippen LogP contribution in [0.5, 0.6) is 5.75 Å². The number of aromatic nitrogens is 2. The van der Waals surface area contributed by atoms with Gasteiger partial charge in [-0.2, -0.15) is 5.10 Å². The molecule has 0 radical (unpaired) electrons. The fraction of sp³-hybridized carbons (Fsp3) is 0.333. The van der Waals surface area contributed by atoms with Crippen LogP contribution in [-0.4, -0.2) is 46.6 Å². The normalized spacial score (nSPS) is 14.6. The number of amides is 1. The molecule has 160 valence electrons. The van der Waals surface area contributed by atoms with Gasteiger partial charge in [-0.05, 0) is 50.1 Å². The fourth-order valence-corrected chi connectivity index (χ4v) is 4.12. The Labute approximate surface area is 180 Å². The van der Waals surface area contributed by atoms with Crippen LogP contribution in [0.25, 0.3) is 10.8 Å². The van der Waals surface area contributed by atoms with E-state index in [-0.39, 0.29) is 29.7 Å². The number of carbonyl (C=O) groups excluding carboxylic acids is 2. The van der Waals surface area contributed by atoms with Gasteiger partial charge in [0.2, 0.25) is 5.91 Å². The van der Waals surface area contributed by atoms with Gasteiger partial charge in [0.15, 0.2) is 5.78 Å². The van der Waals surface area contributed by atoms with E-state index in [2.05, 4.69) is 5.10 Å². The number of nitrogens with zero attached hydrogens (tertiary/aromatic N) is 3. The molecule has 0 N–H and O–H groups in total. The molecule has 0 unspecified atom stereocenters. The van der Waals surface area contributed by atoms with Gasteiger partial charge in [0.25, 0.3) is 5.56 Å². The maximum Gasteiger partial charge on any atom is 0.275 e. The molecule has 1 amide bonds. The van der Waals surface area contributed by atoms with Crippen molar-refractivity contribution in [2.24, 2.45) is 5.92 Å². The average molecular weight is 419 g/mol. The molecule has 7 heteroatoms. The zero-order valence-corrected chi connectivity index (χ0v) is 17.7. The summed E-state index contributed by atoms with van der Waals surface area (Å²) in [5.74, 6) is 0.545. The third-order valence-corrected chi connectivity index (χ3v) is 5.93. The number of hydrogen-bond donors (Lipinski definition) is 0. The first kappa shape index (κ1) is 20.8. The molecule has 0 atom stereocenters. The van der Waals surface area contributed by atoms with Gasteiger partial charge in [-0.1, -0.05) is 18.2 Å². The Hall–Kier alpha value is -3.48. The lowest BCUT2D eigenvalue weighted by Gasteiger charge is -2.31. The van der Waals surface area contributed by atoms with E-state index in [4.69, 9.17) is 4.74 Å². The molecule has 0 bridgehead atoms. The van der Waals surface area contributed by atoms with Crippen molar-refractivity contribution in [2.75, 3.05) is 20.2 Å². The van der Waals surface area contributed by atoms with Crippen LogP contribution < -0.4 is 10.3 Å². The Morgan fingerprint density at radius 3 is 2.32 bits per heavy atom. The zero-order chi connectivity index (χ0) is 22.0. The highest BCUT2D eigenvalue weighted by atomic mass is 16.5. The fourth-order valence-electron chi connectivity index (χ4n) is 4.12. The number of benzene rings is 2. The number of likely N-dealkylation sites (tertiary alicyclic amines) is 1. The molecule has 31 heavy (non-hydrogen) atoms. The summed E-state index contributed by atoms with van der Waals surface area (Å²) < 4.78 is 6.38. The second kappa shape index (κ2) is 8.71. The highest BCUT2D eigenvalue weighted by molar-refractivity contribution is 5.98. The van der Waals surface area contributed by atoms with E-state index in [0.29, 0.717) is 48.3 Å². The number of hydrogen-bond acceptors (Lipinski definition) is 5. The van der Waals surface area contributed by atoms with Crippen molar-refractivity contribution in [3.8, 4) is 5.75 Å². The molecule has 2 aromatic carbocycles. The first-order valence-electron chi connectivity index (χ1n) is 10.4. The minimum Gasteiger partial charge on any atom is -0.497 e. The lowest BCUT2D eigenvalue weighted by Crippen LogP contribution is -2.43. The summed E-state index contributed by atoms with van der Waals surface area (Å²) in [4.78, 5) is 40.0. The van der Waals surface area contributed by atoms with E-state index >= 15 is 0 Å². The number of Topliss-reactive ketones (excluding diaryl/α,β-unsaturated/α-hetero) is 1. The predicted molar refractivity (Wildman–Crippen MR) is 117 cm³/mol. The third-order valence-electron chi connectivity index (χ3n) is 5.93. The first-order valence-corrected chi connectivity index (χ1v) is 10.4. The Morgan fingerprint density at radius 1 is 1.03 bits per heavy atom. The summed E-state index contributed by atoms with van der Waals surface area (Å²) in [6.07, 6.45) is 1.21. The van der Waals surface area contributed by atoms with E-state index < -0.39 is 0 Å². The number of methoxy groups -OCH3 is 1. The van der Waals surface area contributed by atoms with E-state index in [9.17, 15) is 14.4 Å². The zero-order valence-electron chi connectivity index (χ0n) is 17.7. The molecule has 1 aliphatic heterocycles. The summed E-state index contributed by atoms with van der Waals surface area (Å²) in [5.41, 5.74) is 1.11. The van der Waals surface area contributed by atoms with E-state index in [0.717, 1.165) is 5.39 Å². The van der Waals surface area contributed by atoms with Gasteiger partial charge >= 0.3 is 0 Å². The summed E-state index contributed by atoms with van der Waals surface area (Å²) >= 11 is 0. The first-order chi connectivity index (χ1) is 15.0. The molecular formula is C24H25N3O4. The standard InChI is InChI=1S/C24H25N3O4/c1-16-20-5-3-4-6-21(20)24(30)27(25-16)15-22(28)26-13-11-18(12-14-26)23(29)17-7-9-19(31-2)10-8-17/h3-10,18H,11-15H2,1-2H3. The maximum atomic E-state index is 12.8. The van der Waals surface area contributed by atoms with Gasteiger partial charge in [-0.15, -0.1) is 0 Å². The Balaban J connectivity index is 1.40. The van der Waals surface area contributed by atoms with E-state index in [1.807, 2.05) is 19.1 Å². The van der Waals surface area contributed by atoms with Gasteiger partial charge in [-0.3, -0.25) is 14.4 Å². The number of aryl methyl sites for hydroxylation is 1. The second-order valence-corrected chi connectivity index (χ2v) is 7.84. The predicted octanol–water partition coefficient (Wildman–Crippen LogP) is 2.84. The van der Waals surface area contributed by atoms with Crippen molar-refractivity contribution in [3.63, 3.8) is 0 Å². The Kier molecular flexibility index (Phi) is 5.84. The molecular weight excluding hydrogens is 394 g/mol. The number of piperidine rings is 1. The molecule has 7 nitrogen and oxygen atoms in total. The molecule has 2 heterocycles. The van der Waals surface area contributed by atoms with Crippen molar-refractivity contribution >= 4 is 22.5 Å². The largest absolute Gasteiger partial charge is 0.497 e. The molecule has 1 aromatic heterocycles. The van der Waals surface area contributed by atoms with Crippen LogP contribution in [0.1, 0.15) is 28.9 Å². The van der Waals surface area contributed by atoms with Gasteiger partial charge < -0.3 is 9.64 Å². The van der Waals surface area contributed by atoms with Gasteiger partial charge in [0, 0.05) is 30.0 Å². The van der Waals surface area contributed by atoms with Crippen LogP contribution >= 0.6 is 0 Å². The van der Waals surface area contributed by atoms with Gasteiger partial charge in [-0.25, -0.2) is 4.68 Å². The van der Waals surface area contributed by atoms with Crippen LogP contribution in [0.3, 0.4) is 0 Å². The van der Waals surface area contributed by atoms with Crippen molar-refractivity contribution in [1.82, 2.24) is 14.7 Å². The average Bonchev–Trinajstić information content (AvgIpc) is 2.82. The molecule has 3 aromatic rings. The molecule has 1 fully saturated rings. The topological polar surface area (TPSA) is 81.5 Å². The molecule has 4 rings (SSSR count). The Morgan fingerprint density at radius 2 is 1.68 bits per heavy atom. The van der Waals surface area contributed by atoms with Crippen molar-refractivity contribution in [1.29, 1.82) is 0 Å². The summed E-state index contributed by atoms with van der Waals surface area (Å²) in [5, 5.41) is 5.69. The van der Waals surface area contributed by atoms with E-state index in [1.54, 1.807) is 48.4 Å². The molecule has 0 aliphatic carbocycles. The summed E-state index contributed by atoms with van der Waals surface area (Å²) in [6, 6.07) is 14.4. The quantitative estimate of drug-likeness (QED) is 0.594. The number of fused-ring (bicyclic) bond motifs is 1. The summed E-state index contributed by atoms with van der Waals surface area (Å²) in [6.45, 7) is 2.72. The van der Waals surface area contributed by atoms with Crippen LogP contribution in [0.4, 0.5) is 0 Å². The molecule has 1 aliphatic rings.